The largest absolute Gasteiger partial charge is 0.457 e. The van der Waals surface area contributed by atoms with Gasteiger partial charge < -0.3 is 10.1 Å². The minimum atomic E-state index is -0.712. The first-order valence-corrected chi connectivity index (χ1v) is 9.08. The van der Waals surface area contributed by atoms with E-state index >= 15 is 0 Å². The van der Waals surface area contributed by atoms with E-state index in [1.807, 2.05) is 6.07 Å². The molecule has 0 aromatic heterocycles. The SMILES string of the molecule is C[C@H](NC(=O)c1ccccc1)C(=O)OC12CC3CC(C1)C(=O)C(C3)C2. The molecule has 0 aliphatic heterocycles. The van der Waals surface area contributed by atoms with E-state index in [1.165, 1.54) is 0 Å². The number of Topliss-reactive ketones (excluding diaryl/α,β-unsaturated/α-hetero) is 1. The van der Waals surface area contributed by atoms with Gasteiger partial charge in [0.1, 0.15) is 17.4 Å². The van der Waals surface area contributed by atoms with Crippen molar-refractivity contribution < 1.29 is 19.1 Å². The van der Waals surface area contributed by atoms with Crippen LogP contribution in [0, 0.1) is 17.8 Å². The lowest BCUT2D eigenvalue weighted by Crippen LogP contribution is -2.58. The number of esters is 1. The third-order valence-corrected chi connectivity index (χ3v) is 5.99. The van der Waals surface area contributed by atoms with Crippen molar-refractivity contribution in [3.63, 3.8) is 0 Å². The maximum atomic E-state index is 12.6. The zero-order valence-electron chi connectivity index (χ0n) is 14.4. The Balaban J connectivity index is 1.40. The number of carbonyl (C=O) groups is 3. The number of hydrogen-bond acceptors (Lipinski definition) is 4. The number of ether oxygens (including phenoxy) is 1. The second-order valence-corrected chi connectivity index (χ2v) is 7.91. The molecule has 1 aromatic carbocycles. The highest BCUT2D eigenvalue weighted by atomic mass is 16.6. The van der Waals surface area contributed by atoms with Gasteiger partial charge in [-0.3, -0.25) is 9.59 Å². The molecule has 4 fully saturated rings. The van der Waals surface area contributed by atoms with Gasteiger partial charge in [-0.05, 0) is 57.1 Å². The fourth-order valence-corrected chi connectivity index (χ4v) is 5.03. The molecule has 4 aliphatic carbocycles. The van der Waals surface area contributed by atoms with Gasteiger partial charge in [-0.1, -0.05) is 18.2 Å². The lowest BCUT2D eigenvalue weighted by molar-refractivity contribution is -0.190. The van der Waals surface area contributed by atoms with Crippen molar-refractivity contribution in [2.75, 3.05) is 0 Å². The Labute approximate surface area is 147 Å². The third kappa shape index (κ3) is 2.96. The summed E-state index contributed by atoms with van der Waals surface area (Å²) in [6, 6.07) is 8.10. The minimum Gasteiger partial charge on any atom is -0.457 e. The second kappa shape index (κ2) is 5.97. The van der Waals surface area contributed by atoms with Gasteiger partial charge in [0.15, 0.2) is 0 Å². The van der Waals surface area contributed by atoms with Gasteiger partial charge in [-0.15, -0.1) is 0 Å². The highest BCUT2D eigenvalue weighted by Crippen LogP contribution is 2.55. The third-order valence-electron chi connectivity index (χ3n) is 5.99. The number of carbonyl (C=O) groups excluding carboxylic acids is 3. The zero-order valence-corrected chi connectivity index (χ0v) is 14.4. The highest BCUT2D eigenvalue weighted by Gasteiger charge is 2.57. The van der Waals surface area contributed by atoms with Gasteiger partial charge in [0, 0.05) is 17.4 Å². The summed E-state index contributed by atoms with van der Waals surface area (Å²) in [5, 5.41) is 2.71. The molecule has 4 saturated carbocycles. The first kappa shape index (κ1) is 16.3. The summed E-state index contributed by atoms with van der Waals surface area (Å²) in [6.45, 7) is 1.65. The van der Waals surface area contributed by atoms with E-state index in [-0.39, 0.29) is 17.7 Å². The fourth-order valence-electron chi connectivity index (χ4n) is 5.03. The van der Waals surface area contributed by atoms with Crippen molar-refractivity contribution in [3.05, 3.63) is 35.9 Å². The number of benzene rings is 1. The Kier molecular flexibility index (Phi) is 3.89. The molecule has 0 spiro atoms. The number of rotatable bonds is 4. The van der Waals surface area contributed by atoms with Crippen LogP contribution in [0.4, 0.5) is 0 Å². The van der Waals surface area contributed by atoms with Crippen LogP contribution in [0.15, 0.2) is 30.3 Å². The van der Waals surface area contributed by atoms with Crippen molar-refractivity contribution >= 4 is 17.7 Å². The molecule has 5 nitrogen and oxygen atoms in total. The first-order valence-electron chi connectivity index (χ1n) is 9.08. The average molecular weight is 341 g/mol. The summed E-state index contributed by atoms with van der Waals surface area (Å²) in [6.07, 6.45) is 4.08. The molecular formula is C20H23NO4. The van der Waals surface area contributed by atoms with Crippen LogP contribution < -0.4 is 5.32 Å². The molecule has 132 valence electrons. The van der Waals surface area contributed by atoms with Gasteiger partial charge in [0.2, 0.25) is 0 Å². The van der Waals surface area contributed by atoms with Gasteiger partial charge in [-0.25, -0.2) is 4.79 Å². The summed E-state index contributed by atoms with van der Waals surface area (Å²) in [7, 11) is 0. The number of nitrogens with one attached hydrogen (secondary N) is 1. The Morgan fingerprint density at radius 3 is 2.40 bits per heavy atom. The van der Waals surface area contributed by atoms with E-state index in [1.54, 1.807) is 31.2 Å². The van der Waals surface area contributed by atoms with Crippen LogP contribution in [0.1, 0.15) is 49.4 Å². The second-order valence-electron chi connectivity index (χ2n) is 7.91. The van der Waals surface area contributed by atoms with E-state index in [0.29, 0.717) is 30.1 Å². The van der Waals surface area contributed by atoms with Crippen LogP contribution in [0.5, 0.6) is 0 Å². The van der Waals surface area contributed by atoms with Crippen LogP contribution in [-0.4, -0.2) is 29.3 Å². The van der Waals surface area contributed by atoms with Gasteiger partial charge in [0.05, 0.1) is 0 Å². The van der Waals surface area contributed by atoms with E-state index < -0.39 is 17.6 Å². The van der Waals surface area contributed by atoms with Crippen LogP contribution in [0.25, 0.3) is 0 Å². The molecule has 2 unspecified atom stereocenters. The Morgan fingerprint density at radius 2 is 1.76 bits per heavy atom. The molecule has 3 atom stereocenters. The molecule has 1 N–H and O–H groups in total. The van der Waals surface area contributed by atoms with Crippen molar-refractivity contribution in [2.24, 2.45) is 17.8 Å². The van der Waals surface area contributed by atoms with E-state index in [9.17, 15) is 14.4 Å². The molecule has 5 heteroatoms. The topological polar surface area (TPSA) is 72.5 Å². The van der Waals surface area contributed by atoms with E-state index in [4.69, 9.17) is 4.74 Å². The summed E-state index contributed by atoms with van der Waals surface area (Å²) in [5.41, 5.74) is 0.0234. The molecule has 1 amide bonds. The lowest BCUT2D eigenvalue weighted by Gasteiger charge is -2.54. The predicted molar refractivity (Wildman–Crippen MR) is 90.8 cm³/mol. The maximum Gasteiger partial charge on any atom is 0.328 e. The Hall–Kier alpha value is -2.17. The van der Waals surface area contributed by atoms with Crippen molar-refractivity contribution in [1.82, 2.24) is 5.32 Å². The van der Waals surface area contributed by atoms with Crippen LogP contribution >= 0.6 is 0 Å². The Bertz CT molecular complexity index is 696. The predicted octanol–water partition coefficient (Wildman–Crippen LogP) is 2.50. The maximum absolute atomic E-state index is 12.6. The summed E-state index contributed by atoms with van der Waals surface area (Å²) >= 11 is 0. The molecule has 1 aromatic rings. The summed E-state index contributed by atoms with van der Waals surface area (Å²) in [5.74, 6) is 0.302. The lowest BCUT2D eigenvalue weighted by atomic mass is 9.53. The highest BCUT2D eigenvalue weighted by molar-refractivity contribution is 5.96. The molecule has 0 heterocycles. The molecule has 4 aliphatic rings. The van der Waals surface area contributed by atoms with Crippen LogP contribution in [-0.2, 0) is 14.3 Å². The molecule has 0 saturated heterocycles. The molecule has 0 radical (unpaired) electrons. The van der Waals surface area contributed by atoms with E-state index in [2.05, 4.69) is 5.32 Å². The van der Waals surface area contributed by atoms with Gasteiger partial charge in [-0.2, -0.15) is 0 Å². The summed E-state index contributed by atoms with van der Waals surface area (Å²) < 4.78 is 5.89. The Morgan fingerprint density at radius 1 is 1.12 bits per heavy atom. The summed E-state index contributed by atoms with van der Waals surface area (Å²) in [4.78, 5) is 37.0. The first-order chi connectivity index (χ1) is 12.0. The van der Waals surface area contributed by atoms with Gasteiger partial charge in [0.25, 0.3) is 5.91 Å². The molecule has 4 bridgehead atoms. The monoisotopic (exact) mass is 341 g/mol. The molecule has 5 rings (SSSR count). The van der Waals surface area contributed by atoms with Crippen molar-refractivity contribution in [2.45, 2.75) is 50.7 Å². The number of ketones is 1. The fraction of sp³-hybridized carbons (Fsp3) is 0.550. The zero-order chi connectivity index (χ0) is 17.6. The smallest absolute Gasteiger partial charge is 0.328 e. The number of amides is 1. The minimum absolute atomic E-state index is 0.0632. The standard InChI is InChI=1S/C20H23NO4/c1-12(21-18(23)14-5-3-2-4-6-14)19(24)25-20-9-13-7-15(10-20)17(22)16(8-13)11-20/h2-6,12-13,15-16H,7-11H2,1H3,(H,21,23)/t12-,13?,15?,16?,20?/m0/s1. The normalized spacial score (nSPS) is 33.8. The quantitative estimate of drug-likeness (QED) is 0.854. The number of hydrogen-bond donors (Lipinski definition) is 1. The van der Waals surface area contributed by atoms with Crippen molar-refractivity contribution in [3.8, 4) is 0 Å². The van der Waals surface area contributed by atoms with Crippen LogP contribution in [0.2, 0.25) is 0 Å². The molecule has 25 heavy (non-hydrogen) atoms. The van der Waals surface area contributed by atoms with E-state index in [0.717, 1.165) is 19.3 Å². The van der Waals surface area contributed by atoms with Crippen LogP contribution in [0.3, 0.4) is 0 Å². The molecular weight excluding hydrogens is 318 g/mol. The van der Waals surface area contributed by atoms with Crippen molar-refractivity contribution in [1.29, 1.82) is 0 Å². The van der Waals surface area contributed by atoms with Gasteiger partial charge >= 0.3 is 5.97 Å². The average Bonchev–Trinajstić information content (AvgIpc) is 2.59.